The molecule has 0 aliphatic heterocycles. The second-order valence-corrected chi connectivity index (χ2v) is 4.54. The maximum Gasteiger partial charge on any atom is 0.0346 e. The summed E-state index contributed by atoms with van der Waals surface area (Å²) < 4.78 is 0. The van der Waals surface area contributed by atoms with Gasteiger partial charge >= 0.3 is 0 Å². The Morgan fingerprint density at radius 3 is 2.44 bits per heavy atom. The second kappa shape index (κ2) is 6.85. The summed E-state index contributed by atoms with van der Waals surface area (Å²) in [5.41, 5.74) is 10.9. The first kappa shape index (κ1) is 14.3. The Balaban J connectivity index is 0.00000162. The van der Waals surface area contributed by atoms with Gasteiger partial charge < -0.3 is 5.73 Å². The first-order valence-electron chi connectivity index (χ1n) is 6.14. The van der Waals surface area contributed by atoms with Crippen molar-refractivity contribution in [3.05, 3.63) is 65.2 Å². The first-order chi connectivity index (χ1) is 8.25. The van der Waals surface area contributed by atoms with Crippen molar-refractivity contribution in [1.82, 2.24) is 0 Å². The maximum atomic E-state index is 5.92. The molecule has 0 aromatic heterocycles. The molecule has 18 heavy (non-hydrogen) atoms. The molecule has 2 rings (SSSR count). The molecule has 2 aromatic rings. The van der Waals surface area contributed by atoms with Gasteiger partial charge in [-0.1, -0.05) is 55.5 Å². The fraction of sp³-hybridized carbons (Fsp3) is 0.294. The Labute approximate surface area is 111 Å². The number of rotatable bonds is 4. The topological polar surface area (TPSA) is 26.0 Å². The zero-order valence-electron chi connectivity index (χ0n) is 10.3. The highest BCUT2D eigenvalue weighted by Gasteiger charge is 1.98. The van der Waals surface area contributed by atoms with Crippen molar-refractivity contribution in [2.75, 3.05) is 5.73 Å². The summed E-state index contributed by atoms with van der Waals surface area (Å²) in [6.45, 7) is 2.14. The number of benzene rings is 2. The molecule has 2 aromatic carbocycles. The number of aryl methyl sites for hydroxylation is 3. The summed E-state index contributed by atoms with van der Waals surface area (Å²) in [6.07, 6.45) is 3.33. The third-order valence-electron chi connectivity index (χ3n) is 3.05. The van der Waals surface area contributed by atoms with Gasteiger partial charge in [0.2, 0.25) is 0 Å². The van der Waals surface area contributed by atoms with Crippen LogP contribution in [-0.2, 0) is 12.8 Å². The van der Waals surface area contributed by atoms with Gasteiger partial charge in [0, 0.05) is 5.69 Å². The van der Waals surface area contributed by atoms with Crippen molar-refractivity contribution >= 4 is 5.69 Å². The molecular weight excluding hydrogens is 218 g/mol. The normalized spacial score (nSPS) is 9.83. The van der Waals surface area contributed by atoms with Crippen LogP contribution in [0.3, 0.4) is 0 Å². The van der Waals surface area contributed by atoms with Crippen molar-refractivity contribution in [3.63, 3.8) is 0 Å². The molecular formula is C17H23N. The van der Waals surface area contributed by atoms with Gasteiger partial charge in [-0.25, -0.2) is 0 Å². The first-order valence-corrected chi connectivity index (χ1v) is 6.14. The highest BCUT2D eigenvalue weighted by atomic mass is 14.6. The van der Waals surface area contributed by atoms with Crippen molar-refractivity contribution in [2.45, 2.75) is 33.6 Å². The minimum Gasteiger partial charge on any atom is -0.399 e. The zero-order valence-corrected chi connectivity index (χ0v) is 10.3. The monoisotopic (exact) mass is 241 g/mol. The molecule has 0 heterocycles. The second-order valence-electron chi connectivity index (χ2n) is 4.54. The Bertz CT molecular complexity index is 488. The average molecular weight is 241 g/mol. The quantitative estimate of drug-likeness (QED) is 0.789. The third-order valence-corrected chi connectivity index (χ3v) is 3.05. The van der Waals surface area contributed by atoms with Gasteiger partial charge in [0.25, 0.3) is 0 Å². The van der Waals surface area contributed by atoms with E-state index in [4.69, 9.17) is 5.73 Å². The van der Waals surface area contributed by atoms with Gasteiger partial charge in [0.05, 0.1) is 0 Å². The molecule has 1 heteroatoms. The van der Waals surface area contributed by atoms with E-state index in [2.05, 4.69) is 43.3 Å². The third kappa shape index (κ3) is 3.92. The molecule has 0 unspecified atom stereocenters. The molecule has 2 N–H and O–H groups in total. The summed E-state index contributed by atoms with van der Waals surface area (Å²) in [6, 6.07) is 16.8. The van der Waals surface area contributed by atoms with E-state index in [-0.39, 0.29) is 7.43 Å². The lowest BCUT2D eigenvalue weighted by molar-refractivity contribution is 0.821. The molecule has 0 saturated carbocycles. The van der Waals surface area contributed by atoms with Gasteiger partial charge in [-0.05, 0) is 43.4 Å². The molecule has 0 fully saturated rings. The van der Waals surface area contributed by atoms with Crippen LogP contribution in [0.25, 0.3) is 0 Å². The lowest BCUT2D eigenvalue weighted by atomic mass is 10.0. The van der Waals surface area contributed by atoms with Crippen molar-refractivity contribution in [1.29, 1.82) is 0 Å². The predicted molar refractivity (Wildman–Crippen MR) is 80.8 cm³/mol. The standard InChI is InChI=1S/C16H19N.CH4/c1-13-6-4-7-14(12-13)8-5-10-15-9-2-3-11-16(15)17;/h2-4,6-7,9,11-12H,5,8,10,17H2,1H3;1H4. The van der Waals surface area contributed by atoms with E-state index in [9.17, 15) is 0 Å². The molecule has 0 saturated heterocycles. The SMILES string of the molecule is C.Cc1cccc(CCCc2ccccc2N)c1. The van der Waals surface area contributed by atoms with Gasteiger partial charge in [0.15, 0.2) is 0 Å². The van der Waals surface area contributed by atoms with Gasteiger partial charge in [-0.3, -0.25) is 0 Å². The number of hydrogen-bond donors (Lipinski definition) is 1. The van der Waals surface area contributed by atoms with Crippen LogP contribution in [0.2, 0.25) is 0 Å². The average Bonchev–Trinajstić information content (AvgIpc) is 2.32. The molecule has 96 valence electrons. The number of nitrogens with two attached hydrogens (primary N) is 1. The Morgan fingerprint density at radius 1 is 0.944 bits per heavy atom. The summed E-state index contributed by atoms with van der Waals surface area (Å²) in [5.74, 6) is 0. The molecule has 0 bridgehead atoms. The fourth-order valence-corrected chi connectivity index (χ4v) is 2.11. The van der Waals surface area contributed by atoms with Gasteiger partial charge in [0.1, 0.15) is 0 Å². The molecule has 0 aliphatic rings. The van der Waals surface area contributed by atoms with Crippen LogP contribution in [0.1, 0.15) is 30.5 Å². The minimum atomic E-state index is 0. The maximum absolute atomic E-state index is 5.92. The number of para-hydroxylation sites is 1. The molecule has 0 spiro atoms. The van der Waals surface area contributed by atoms with Gasteiger partial charge in [-0.2, -0.15) is 0 Å². The number of hydrogen-bond acceptors (Lipinski definition) is 1. The van der Waals surface area contributed by atoms with E-state index in [1.807, 2.05) is 12.1 Å². The highest BCUT2D eigenvalue weighted by Crippen LogP contribution is 2.14. The fourth-order valence-electron chi connectivity index (χ4n) is 2.11. The van der Waals surface area contributed by atoms with E-state index < -0.39 is 0 Å². The summed E-state index contributed by atoms with van der Waals surface area (Å²) in [7, 11) is 0. The molecule has 0 radical (unpaired) electrons. The van der Waals surface area contributed by atoms with E-state index in [0.717, 1.165) is 24.9 Å². The Hall–Kier alpha value is -1.76. The van der Waals surface area contributed by atoms with E-state index >= 15 is 0 Å². The lowest BCUT2D eigenvalue weighted by Crippen LogP contribution is -1.95. The van der Waals surface area contributed by atoms with Crippen LogP contribution in [0.15, 0.2) is 48.5 Å². The number of nitrogen functional groups attached to an aromatic ring is 1. The van der Waals surface area contributed by atoms with Crippen LogP contribution in [0, 0.1) is 6.92 Å². The minimum absolute atomic E-state index is 0. The van der Waals surface area contributed by atoms with Crippen molar-refractivity contribution in [3.8, 4) is 0 Å². The van der Waals surface area contributed by atoms with Crippen LogP contribution >= 0.6 is 0 Å². The molecule has 0 aliphatic carbocycles. The number of anilines is 1. The molecule has 0 amide bonds. The van der Waals surface area contributed by atoms with Crippen molar-refractivity contribution < 1.29 is 0 Å². The highest BCUT2D eigenvalue weighted by molar-refractivity contribution is 5.46. The zero-order chi connectivity index (χ0) is 12.1. The van der Waals surface area contributed by atoms with Gasteiger partial charge in [-0.15, -0.1) is 0 Å². The van der Waals surface area contributed by atoms with Crippen LogP contribution in [0.5, 0.6) is 0 Å². The predicted octanol–water partition coefficient (Wildman–Crippen LogP) is 4.39. The lowest BCUT2D eigenvalue weighted by Gasteiger charge is -2.05. The Morgan fingerprint density at radius 2 is 1.72 bits per heavy atom. The van der Waals surface area contributed by atoms with Crippen LogP contribution < -0.4 is 5.73 Å². The van der Waals surface area contributed by atoms with Crippen molar-refractivity contribution in [2.24, 2.45) is 0 Å². The van der Waals surface area contributed by atoms with E-state index in [0.29, 0.717) is 0 Å². The summed E-state index contributed by atoms with van der Waals surface area (Å²) in [4.78, 5) is 0. The van der Waals surface area contributed by atoms with Crippen LogP contribution in [-0.4, -0.2) is 0 Å². The summed E-state index contributed by atoms with van der Waals surface area (Å²) in [5, 5.41) is 0. The summed E-state index contributed by atoms with van der Waals surface area (Å²) >= 11 is 0. The van der Waals surface area contributed by atoms with E-state index in [1.165, 1.54) is 16.7 Å². The molecule has 0 atom stereocenters. The smallest absolute Gasteiger partial charge is 0.0346 e. The van der Waals surface area contributed by atoms with Crippen LogP contribution in [0.4, 0.5) is 5.69 Å². The molecule has 1 nitrogen and oxygen atoms in total. The largest absolute Gasteiger partial charge is 0.399 e. The Kier molecular flexibility index (Phi) is 5.44. The van der Waals surface area contributed by atoms with E-state index in [1.54, 1.807) is 0 Å².